The summed E-state index contributed by atoms with van der Waals surface area (Å²) in [6, 6.07) is 10.4. The normalized spacial score (nSPS) is 13.5. The number of hydrogen-bond donors (Lipinski definition) is 1. The summed E-state index contributed by atoms with van der Waals surface area (Å²) in [5.41, 5.74) is -0.695. The molecule has 0 saturated heterocycles. The van der Waals surface area contributed by atoms with Gasteiger partial charge in [0.15, 0.2) is 0 Å². The zero-order valence-corrected chi connectivity index (χ0v) is 23.3. The van der Waals surface area contributed by atoms with Crippen molar-refractivity contribution in [1.29, 1.82) is 0 Å². The van der Waals surface area contributed by atoms with Crippen LogP contribution in [0.3, 0.4) is 0 Å². The summed E-state index contributed by atoms with van der Waals surface area (Å²) in [4.78, 5) is 28.0. The van der Waals surface area contributed by atoms with Crippen LogP contribution >= 0.6 is 11.6 Å². The van der Waals surface area contributed by atoms with Crippen molar-refractivity contribution in [3.05, 3.63) is 64.7 Å². The second-order valence-corrected chi connectivity index (χ2v) is 11.3. The van der Waals surface area contributed by atoms with Gasteiger partial charge in [-0.1, -0.05) is 55.8 Å². The Morgan fingerprint density at radius 2 is 1.68 bits per heavy atom. The van der Waals surface area contributed by atoms with Gasteiger partial charge in [-0.15, -0.1) is 0 Å². The number of carbonyl (C=O) groups excluding carboxylic acids is 2. The smallest absolute Gasteiger partial charge is 0.352 e. The van der Waals surface area contributed by atoms with Gasteiger partial charge in [-0.25, -0.2) is 8.42 Å². The number of benzene rings is 2. The lowest BCUT2D eigenvalue weighted by atomic mass is 10.1. The maximum atomic E-state index is 13.6. The minimum absolute atomic E-state index is 0.0865. The molecule has 2 aromatic rings. The minimum Gasteiger partial charge on any atom is -0.352 e. The van der Waals surface area contributed by atoms with Gasteiger partial charge in [-0.3, -0.25) is 13.9 Å². The molecule has 2 atom stereocenters. The monoisotopic (exact) mass is 575 g/mol. The van der Waals surface area contributed by atoms with Crippen molar-refractivity contribution < 1.29 is 31.2 Å². The molecule has 0 saturated carbocycles. The molecule has 0 unspecified atom stereocenters. The highest BCUT2D eigenvalue weighted by atomic mass is 35.5. The summed E-state index contributed by atoms with van der Waals surface area (Å²) < 4.78 is 66.0. The van der Waals surface area contributed by atoms with Crippen molar-refractivity contribution in [2.45, 2.75) is 58.3 Å². The highest BCUT2D eigenvalue weighted by Gasteiger charge is 2.35. The van der Waals surface area contributed by atoms with Crippen molar-refractivity contribution >= 4 is 39.1 Å². The van der Waals surface area contributed by atoms with E-state index in [4.69, 9.17) is 11.6 Å². The molecule has 0 aromatic heterocycles. The van der Waals surface area contributed by atoms with Crippen LogP contribution in [0.1, 0.15) is 44.7 Å². The van der Waals surface area contributed by atoms with Crippen LogP contribution in [0.2, 0.25) is 5.02 Å². The molecule has 210 valence electrons. The van der Waals surface area contributed by atoms with Gasteiger partial charge in [-0.05, 0) is 49.9 Å². The third-order valence-corrected chi connectivity index (χ3v) is 7.54. The van der Waals surface area contributed by atoms with Gasteiger partial charge < -0.3 is 10.2 Å². The maximum absolute atomic E-state index is 13.6. The summed E-state index contributed by atoms with van der Waals surface area (Å²) in [5.74, 6) is -1.14. The Balaban J connectivity index is 2.47. The highest BCUT2D eigenvalue weighted by Crippen LogP contribution is 2.36. The molecule has 0 fully saturated rings. The summed E-state index contributed by atoms with van der Waals surface area (Å²) in [6.45, 7) is 4.70. The second-order valence-electron chi connectivity index (χ2n) is 9.00. The molecule has 12 heteroatoms. The van der Waals surface area contributed by atoms with E-state index in [0.29, 0.717) is 23.2 Å². The van der Waals surface area contributed by atoms with Crippen LogP contribution in [0.5, 0.6) is 0 Å². The Morgan fingerprint density at radius 3 is 2.21 bits per heavy atom. The standard InChI is InChI=1S/C26H33ClF3N3O4S/c1-5-18(3)31-25(35)22(6-2)32(15-14-19-10-8-7-9-11-19)24(34)17-33(38(4,36)37)23-16-20(26(28,29)30)12-13-21(23)27/h7-13,16,18,22H,5-6,14-15,17H2,1-4H3,(H,31,35)/t18-,22+/m0/s1. The molecule has 1 N–H and O–H groups in total. The molecule has 7 nitrogen and oxygen atoms in total. The van der Waals surface area contributed by atoms with Crippen molar-refractivity contribution in [1.82, 2.24) is 10.2 Å². The van der Waals surface area contributed by atoms with E-state index < -0.39 is 51.9 Å². The van der Waals surface area contributed by atoms with Crippen LogP contribution in [-0.4, -0.2) is 56.6 Å². The summed E-state index contributed by atoms with van der Waals surface area (Å²) in [6.07, 6.45) is -2.70. The van der Waals surface area contributed by atoms with Crippen LogP contribution in [0.25, 0.3) is 0 Å². The summed E-state index contributed by atoms with van der Waals surface area (Å²) >= 11 is 6.10. The molecule has 2 rings (SSSR count). The molecule has 0 bridgehead atoms. The molecule has 2 aromatic carbocycles. The molecule has 38 heavy (non-hydrogen) atoms. The minimum atomic E-state index is -4.75. The van der Waals surface area contributed by atoms with E-state index in [1.54, 1.807) is 6.92 Å². The molecule has 0 aliphatic heterocycles. The Hall–Kier alpha value is -2.79. The third-order valence-electron chi connectivity index (χ3n) is 6.09. The highest BCUT2D eigenvalue weighted by molar-refractivity contribution is 7.92. The van der Waals surface area contributed by atoms with Crippen LogP contribution < -0.4 is 9.62 Å². The largest absolute Gasteiger partial charge is 0.416 e. The van der Waals surface area contributed by atoms with Crippen LogP contribution in [0.15, 0.2) is 48.5 Å². The average Bonchev–Trinajstić information content (AvgIpc) is 2.84. The average molecular weight is 576 g/mol. The summed E-state index contributed by atoms with van der Waals surface area (Å²) in [5, 5.41) is 2.58. The fraction of sp³-hybridized carbons (Fsp3) is 0.462. The van der Waals surface area contributed by atoms with Gasteiger partial charge in [0, 0.05) is 12.6 Å². The van der Waals surface area contributed by atoms with Crippen molar-refractivity contribution in [3.8, 4) is 0 Å². The molecular formula is C26H33ClF3N3O4S. The molecule has 0 radical (unpaired) electrons. The number of halogens is 4. The molecule has 0 spiro atoms. The fourth-order valence-electron chi connectivity index (χ4n) is 3.81. The molecule has 0 heterocycles. The second kappa shape index (κ2) is 13.3. The molecular weight excluding hydrogens is 543 g/mol. The number of alkyl halides is 3. The number of anilines is 1. The fourth-order valence-corrected chi connectivity index (χ4v) is 4.93. The van der Waals surface area contributed by atoms with Crippen LogP contribution in [-0.2, 0) is 32.2 Å². The Morgan fingerprint density at radius 1 is 1.05 bits per heavy atom. The first-order valence-electron chi connectivity index (χ1n) is 12.2. The van der Waals surface area contributed by atoms with Gasteiger partial charge in [-0.2, -0.15) is 13.2 Å². The zero-order chi connectivity index (χ0) is 28.7. The lowest BCUT2D eigenvalue weighted by Crippen LogP contribution is -2.54. The summed E-state index contributed by atoms with van der Waals surface area (Å²) in [7, 11) is -4.24. The maximum Gasteiger partial charge on any atom is 0.416 e. The quantitative estimate of drug-likeness (QED) is 0.390. The number of nitrogens with one attached hydrogen (secondary N) is 1. The predicted octanol–water partition coefficient (Wildman–Crippen LogP) is 4.89. The number of carbonyl (C=O) groups is 2. The number of nitrogens with zero attached hydrogens (tertiary/aromatic N) is 2. The van der Waals surface area contributed by atoms with E-state index in [-0.39, 0.29) is 24.0 Å². The molecule has 0 aliphatic carbocycles. The number of sulfonamides is 1. The van der Waals surface area contributed by atoms with Gasteiger partial charge >= 0.3 is 6.18 Å². The SMILES string of the molecule is CC[C@H](C(=O)N[C@@H](C)CC)N(CCc1ccccc1)C(=O)CN(c1cc(C(F)(F)F)ccc1Cl)S(C)(=O)=O. The van der Waals surface area contributed by atoms with Gasteiger partial charge in [0.25, 0.3) is 0 Å². The van der Waals surface area contributed by atoms with E-state index in [1.165, 1.54) is 4.90 Å². The number of hydrogen-bond acceptors (Lipinski definition) is 4. The van der Waals surface area contributed by atoms with E-state index in [0.717, 1.165) is 24.0 Å². The predicted molar refractivity (Wildman–Crippen MR) is 142 cm³/mol. The number of amides is 2. The van der Waals surface area contributed by atoms with E-state index in [1.807, 2.05) is 44.2 Å². The first-order valence-corrected chi connectivity index (χ1v) is 14.4. The van der Waals surface area contributed by atoms with Gasteiger partial charge in [0.05, 0.1) is 22.5 Å². The Labute approximate surface area is 227 Å². The molecule has 2 amide bonds. The first-order chi connectivity index (χ1) is 17.7. The van der Waals surface area contributed by atoms with Crippen molar-refractivity contribution in [2.75, 3.05) is 23.7 Å². The van der Waals surface area contributed by atoms with Crippen molar-refractivity contribution in [3.63, 3.8) is 0 Å². The Bertz CT molecular complexity index is 1210. The van der Waals surface area contributed by atoms with Gasteiger partial charge in [0.1, 0.15) is 12.6 Å². The molecule has 0 aliphatic rings. The first kappa shape index (κ1) is 31.4. The van der Waals surface area contributed by atoms with Crippen molar-refractivity contribution in [2.24, 2.45) is 0 Å². The lowest BCUT2D eigenvalue weighted by molar-refractivity contribution is -0.139. The van der Waals surface area contributed by atoms with E-state index in [2.05, 4.69) is 5.32 Å². The van der Waals surface area contributed by atoms with E-state index in [9.17, 15) is 31.2 Å². The topological polar surface area (TPSA) is 86.8 Å². The Kier molecular flexibility index (Phi) is 11.0. The number of rotatable bonds is 12. The van der Waals surface area contributed by atoms with E-state index >= 15 is 0 Å². The zero-order valence-electron chi connectivity index (χ0n) is 21.8. The van der Waals surface area contributed by atoms with Crippen LogP contribution in [0, 0.1) is 0 Å². The third kappa shape index (κ3) is 8.62. The van der Waals surface area contributed by atoms with Crippen LogP contribution in [0.4, 0.5) is 18.9 Å². The lowest BCUT2D eigenvalue weighted by Gasteiger charge is -2.33. The van der Waals surface area contributed by atoms with Gasteiger partial charge in [0.2, 0.25) is 21.8 Å².